The Labute approximate surface area is 224 Å². The molecule has 1 aliphatic heterocycles. The maximum absolute atomic E-state index is 5.58. The van der Waals surface area contributed by atoms with Gasteiger partial charge in [-0.1, -0.05) is 43.2 Å². The predicted octanol–water partition coefficient (Wildman–Crippen LogP) is 6.09. The van der Waals surface area contributed by atoms with Crippen LogP contribution in [0.1, 0.15) is 44.4 Å². The summed E-state index contributed by atoms with van der Waals surface area (Å²) in [6.45, 7) is 3.92. The molecule has 3 atom stereocenters. The van der Waals surface area contributed by atoms with Crippen LogP contribution >= 0.6 is 0 Å². The van der Waals surface area contributed by atoms with Gasteiger partial charge in [-0.2, -0.15) is 0 Å². The average Bonchev–Trinajstić information content (AvgIpc) is 3.41. The number of hydrogen-bond donors (Lipinski definition) is 2. The molecule has 0 radical (unpaired) electrons. The van der Waals surface area contributed by atoms with Crippen LogP contribution < -0.4 is 15.5 Å². The summed E-state index contributed by atoms with van der Waals surface area (Å²) in [5, 5.41) is 15.9. The van der Waals surface area contributed by atoms with E-state index in [1.54, 1.807) is 0 Å². The molecule has 3 heterocycles. The van der Waals surface area contributed by atoms with Gasteiger partial charge in [0, 0.05) is 55.6 Å². The van der Waals surface area contributed by atoms with Gasteiger partial charge in [0.1, 0.15) is 5.82 Å². The standard InChI is InChI=1S/C31H36N6O/c1-22-35-36-31(38-22)24-13-15-27(16-14-24)37-19-7-10-26(21-37)33-28-11-5-6-12-29(28)34-30-20-25(17-18-32-30)23-8-3-2-4-9-23/h2-4,8-9,13-18,20,26,28-29,33H,5-7,10-12,19,21H2,1H3,(H,32,34)/t26?,28-,29-/m1/s1. The smallest absolute Gasteiger partial charge is 0.247 e. The summed E-state index contributed by atoms with van der Waals surface area (Å²) in [5.41, 5.74) is 4.63. The molecule has 2 aromatic carbocycles. The maximum atomic E-state index is 5.58. The van der Waals surface area contributed by atoms with Crippen molar-refractivity contribution >= 4 is 11.5 Å². The minimum Gasteiger partial charge on any atom is -0.421 e. The van der Waals surface area contributed by atoms with Crippen LogP contribution in [0.4, 0.5) is 11.5 Å². The topological polar surface area (TPSA) is 79.1 Å². The first kappa shape index (κ1) is 24.6. The first-order valence-corrected chi connectivity index (χ1v) is 13.9. The molecule has 1 unspecified atom stereocenters. The number of nitrogens with zero attached hydrogens (tertiary/aromatic N) is 4. The van der Waals surface area contributed by atoms with Gasteiger partial charge in [0.2, 0.25) is 11.8 Å². The van der Waals surface area contributed by atoms with E-state index in [9.17, 15) is 0 Å². The van der Waals surface area contributed by atoms with E-state index in [2.05, 4.69) is 97.4 Å². The minimum absolute atomic E-state index is 0.384. The SMILES string of the molecule is Cc1nnc(-c2ccc(N3CCCC(N[C@@H]4CCCC[C@H]4Nc4cc(-c5ccccc5)ccn4)C3)cc2)o1. The van der Waals surface area contributed by atoms with Crippen LogP contribution in [-0.4, -0.2) is 46.4 Å². The Morgan fingerprint density at radius 2 is 1.63 bits per heavy atom. The molecule has 196 valence electrons. The highest BCUT2D eigenvalue weighted by Crippen LogP contribution is 2.28. The summed E-state index contributed by atoms with van der Waals surface area (Å²) in [6, 6.07) is 24.6. The fourth-order valence-electron chi connectivity index (χ4n) is 5.89. The number of aryl methyl sites for hydroxylation is 1. The normalized spacial score (nSPS) is 21.8. The molecule has 4 aromatic rings. The second-order valence-electron chi connectivity index (χ2n) is 10.6. The van der Waals surface area contributed by atoms with Crippen LogP contribution in [0.15, 0.2) is 77.3 Å². The molecule has 1 saturated heterocycles. The van der Waals surface area contributed by atoms with Gasteiger partial charge < -0.3 is 20.0 Å². The second kappa shape index (κ2) is 11.4. The summed E-state index contributed by atoms with van der Waals surface area (Å²) in [7, 11) is 0. The van der Waals surface area contributed by atoms with Gasteiger partial charge in [-0.15, -0.1) is 10.2 Å². The van der Waals surface area contributed by atoms with Crippen molar-refractivity contribution in [2.45, 2.75) is 63.6 Å². The molecule has 2 aromatic heterocycles. The van der Waals surface area contributed by atoms with E-state index in [0.717, 1.165) is 24.5 Å². The van der Waals surface area contributed by atoms with E-state index >= 15 is 0 Å². The van der Waals surface area contributed by atoms with Crippen molar-refractivity contribution in [1.82, 2.24) is 20.5 Å². The zero-order valence-electron chi connectivity index (χ0n) is 22.0. The number of piperidine rings is 1. The molecule has 2 fully saturated rings. The van der Waals surface area contributed by atoms with Gasteiger partial charge >= 0.3 is 0 Å². The van der Waals surface area contributed by atoms with E-state index < -0.39 is 0 Å². The lowest BCUT2D eigenvalue weighted by Crippen LogP contribution is -2.54. The van der Waals surface area contributed by atoms with Gasteiger partial charge in [-0.3, -0.25) is 0 Å². The molecular weight excluding hydrogens is 472 g/mol. The Balaban J connectivity index is 1.10. The van der Waals surface area contributed by atoms with Gasteiger partial charge in [0.05, 0.1) is 0 Å². The van der Waals surface area contributed by atoms with Crippen LogP contribution in [0.5, 0.6) is 0 Å². The van der Waals surface area contributed by atoms with Crippen molar-refractivity contribution in [3.05, 3.63) is 78.8 Å². The van der Waals surface area contributed by atoms with E-state index in [-0.39, 0.29) is 0 Å². The lowest BCUT2D eigenvalue weighted by Gasteiger charge is -2.40. The third-order valence-electron chi connectivity index (χ3n) is 7.84. The van der Waals surface area contributed by atoms with Crippen LogP contribution in [-0.2, 0) is 0 Å². The number of anilines is 2. The molecular formula is C31H36N6O. The molecule has 6 rings (SSSR count). The van der Waals surface area contributed by atoms with Crippen molar-refractivity contribution in [1.29, 1.82) is 0 Å². The minimum atomic E-state index is 0.384. The monoisotopic (exact) mass is 508 g/mol. The van der Waals surface area contributed by atoms with Crippen molar-refractivity contribution in [2.24, 2.45) is 0 Å². The first-order chi connectivity index (χ1) is 18.7. The van der Waals surface area contributed by atoms with E-state index in [1.807, 2.05) is 13.1 Å². The number of rotatable bonds is 7. The third-order valence-corrected chi connectivity index (χ3v) is 7.84. The van der Waals surface area contributed by atoms with Crippen LogP contribution in [0, 0.1) is 6.92 Å². The summed E-state index contributed by atoms with van der Waals surface area (Å²) in [5.74, 6) is 2.13. The zero-order valence-corrected chi connectivity index (χ0v) is 22.0. The molecule has 7 heteroatoms. The summed E-state index contributed by atoms with van der Waals surface area (Å²) in [6.07, 6.45) is 9.22. The maximum Gasteiger partial charge on any atom is 0.247 e. The van der Waals surface area contributed by atoms with Gasteiger partial charge in [-0.25, -0.2) is 4.98 Å². The summed E-state index contributed by atoms with van der Waals surface area (Å²) in [4.78, 5) is 7.16. The zero-order chi connectivity index (χ0) is 25.7. The molecule has 2 N–H and O–H groups in total. The lowest BCUT2D eigenvalue weighted by molar-refractivity contribution is 0.293. The molecule has 0 amide bonds. The largest absolute Gasteiger partial charge is 0.421 e. The fraction of sp³-hybridized carbons (Fsp3) is 0.387. The van der Waals surface area contributed by atoms with Crippen molar-refractivity contribution < 1.29 is 4.42 Å². The second-order valence-corrected chi connectivity index (χ2v) is 10.6. The Kier molecular flexibility index (Phi) is 7.36. The lowest BCUT2D eigenvalue weighted by atomic mass is 9.89. The Bertz CT molecular complexity index is 1320. The molecule has 0 spiro atoms. The van der Waals surface area contributed by atoms with Gasteiger partial charge in [-0.05, 0) is 73.2 Å². The Morgan fingerprint density at radius 1 is 0.816 bits per heavy atom. The molecule has 38 heavy (non-hydrogen) atoms. The number of nitrogens with one attached hydrogen (secondary N) is 2. The average molecular weight is 509 g/mol. The molecule has 7 nitrogen and oxygen atoms in total. The highest BCUT2D eigenvalue weighted by Gasteiger charge is 2.29. The Hall–Kier alpha value is -3.71. The quantitative estimate of drug-likeness (QED) is 0.313. The van der Waals surface area contributed by atoms with Gasteiger partial charge in [0.15, 0.2) is 0 Å². The highest BCUT2D eigenvalue weighted by molar-refractivity contribution is 5.66. The highest BCUT2D eigenvalue weighted by atomic mass is 16.4. The molecule has 1 saturated carbocycles. The molecule has 2 aliphatic rings. The van der Waals surface area contributed by atoms with Crippen LogP contribution in [0.25, 0.3) is 22.6 Å². The number of aromatic nitrogens is 3. The third kappa shape index (κ3) is 5.73. The summed E-state index contributed by atoms with van der Waals surface area (Å²) >= 11 is 0. The van der Waals surface area contributed by atoms with Crippen LogP contribution in [0.2, 0.25) is 0 Å². The molecule has 0 bridgehead atoms. The number of hydrogen-bond acceptors (Lipinski definition) is 7. The van der Waals surface area contributed by atoms with E-state index in [0.29, 0.717) is 29.9 Å². The van der Waals surface area contributed by atoms with Crippen molar-refractivity contribution in [3.8, 4) is 22.6 Å². The Morgan fingerprint density at radius 3 is 2.42 bits per heavy atom. The van der Waals surface area contributed by atoms with E-state index in [1.165, 1.54) is 55.3 Å². The first-order valence-electron chi connectivity index (χ1n) is 13.9. The van der Waals surface area contributed by atoms with Crippen molar-refractivity contribution in [3.63, 3.8) is 0 Å². The van der Waals surface area contributed by atoms with Crippen LogP contribution in [0.3, 0.4) is 0 Å². The fourth-order valence-corrected chi connectivity index (χ4v) is 5.89. The number of benzene rings is 2. The number of pyridine rings is 1. The summed E-state index contributed by atoms with van der Waals surface area (Å²) < 4.78 is 5.58. The predicted molar refractivity (Wildman–Crippen MR) is 152 cm³/mol. The van der Waals surface area contributed by atoms with Crippen molar-refractivity contribution in [2.75, 3.05) is 23.3 Å². The van der Waals surface area contributed by atoms with E-state index in [4.69, 9.17) is 4.42 Å². The van der Waals surface area contributed by atoms with Gasteiger partial charge in [0.25, 0.3) is 0 Å². The molecule has 1 aliphatic carbocycles.